The molecular weight excluding hydrogens is 372 g/mol. The lowest BCUT2D eigenvalue weighted by atomic mass is 10.2. The number of nitrogens with one attached hydrogen (secondary N) is 2. The van der Waals surface area contributed by atoms with Gasteiger partial charge in [-0.3, -0.25) is 4.99 Å². The molecule has 29 heavy (non-hydrogen) atoms. The zero-order chi connectivity index (χ0) is 21.3. The lowest BCUT2D eigenvalue weighted by molar-refractivity contribution is 0.0507. The van der Waals surface area contributed by atoms with Gasteiger partial charge in [-0.1, -0.05) is 0 Å². The molecule has 2 rings (SSSR count). The van der Waals surface area contributed by atoms with Crippen LogP contribution in [0.1, 0.15) is 33.6 Å². The number of ether oxygens (including phenoxy) is 3. The Kier molecular flexibility index (Phi) is 8.42. The highest BCUT2D eigenvalue weighted by molar-refractivity contribution is 5.80. The van der Waals surface area contributed by atoms with Gasteiger partial charge in [-0.05, 0) is 57.9 Å². The van der Waals surface area contributed by atoms with Crippen LogP contribution in [0.2, 0.25) is 0 Å². The molecule has 1 unspecified atom stereocenters. The summed E-state index contributed by atoms with van der Waals surface area (Å²) in [6.45, 7) is 8.49. The van der Waals surface area contributed by atoms with Crippen LogP contribution in [0.3, 0.4) is 0 Å². The van der Waals surface area contributed by atoms with Gasteiger partial charge in [0.15, 0.2) is 5.96 Å². The molecule has 1 aromatic rings. The quantitative estimate of drug-likeness (QED) is 0.411. The standard InChI is InChI=1S/C21H34N4O4/c1-21(2,3)29-20(26)24-16-11-13-25(15-16)19(22-4)23-12-6-14-28-18-9-7-17(27-5)8-10-18/h7-10,16H,6,11-15H2,1-5H3,(H,22,23)(H,24,26). The summed E-state index contributed by atoms with van der Waals surface area (Å²) in [5, 5.41) is 6.29. The van der Waals surface area contributed by atoms with Gasteiger partial charge in [-0.15, -0.1) is 0 Å². The zero-order valence-electron chi connectivity index (χ0n) is 18.2. The third-order valence-corrected chi connectivity index (χ3v) is 4.35. The van der Waals surface area contributed by atoms with Crippen molar-refractivity contribution in [1.29, 1.82) is 0 Å². The number of hydrogen-bond donors (Lipinski definition) is 2. The van der Waals surface area contributed by atoms with E-state index in [-0.39, 0.29) is 12.1 Å². The monoisotopic (exact) mass is 406 g/mol. The number of benzene rings is 1. The third-order valence-electron chi connectivity index (χ3n) is 4.35. The molecule has 162 valence electrons. The van der Waals surface area contributed by atoms with Crippen LogP contribution in [0.4, 0.5) is 4.79 Å². The highest BCUT2D eigenvalue weighted by Crippen LogP contribution is 2.17. The maximum Gasteiger partial charge on any atom is 0.407 e. The van der Waals surface area contributed by atoms with E-state index in [2.05, 4.69) is 20.5 Å². The van der Waals surface area contributed by atoms with Crippen molar-refractivity contribution in [3.63, 3.8) is 0 Å². The lowest BCUT2D eigenvalue weighted by Gasteiger charge is -2.23. The number of guanidine groups is 1. The van der Waals surface area contributed by atoms with E-state index in [9.17, 15) is 4.79 Å². The van der Waals surface area contributed by atoms with Crippen molar-refractivity contribution >= 4 is 12.1 Å². The molecule has 1 aliphatic rings. The molecule has 1 saturated heterocycles. The van der Waals surface area contributed by atoms with Crippen LogP contribution in [0.15, 0.2) is 29.3 Å². The van der Waals surface area contributed by atoms with E-state index in [0.29, 0.717) is 13.2 Å². The molecule has 0 spiro atoms. The fraction of sp³-hybridized carbons (Fsp3) is 0.619. The normalized spacial score (nSPS) is 17.1. The Morgan fingerprint density at radius 3 is 2.55 bits per heavy atom. The first kappa shape index (κ1) is 22.6. The van der Waals surface area contributed by atoms with Crippen molar-refractivity contribution in [1.82, 2.24) is 15.5 Å². The maximum absolute atomic E-state index is 11.9. The van der Waals surface area contributed by atoms with Gasteiger partial charge in [0.1, 0.15) is 17.1 Å². The number of carbonyl (C=O) groups excluding carboxylic acids is 1. The van der Waals surface area contributed by atoms with Crippen molar-refractivity contribution in [2.45, 2.75) is 45.3 Å². The molecule has 1 aliphatic heterocycles. The van der Waals surface area contributed by atoms with Gasteiger partial charge >= 0.3 is 6.09 Å². The second kappa shape index (κ2) is 10.8. The van der Waals surface area contributed by atoms with Crippen molar-refractivity contribution in [3.05, 3.63) is 24.3 Å². The number of carbonyl (C=O) groups is 1. The summed E-state index contributed by atoms with van der Waals surface area (Å²) >= 11 is 0. The molecule has 1 fully saturated rings. The Morgan fingerprint density at radius 1 is 1.24 bits per heavy atom. The highest BCUT2D eigenvalue weighted by atomic mass is 16.6. The molecular formula is C21H34N4O4. The van der Waals surface area contributed by atoms with E-state index in [1.807, 2.05) is 45.0 Å². The molecule has 0 aromatic heterocycles. The fourth-order valence-corrected chi connectivity index (χ4v) is 3.01. The number of amides is 1. The number of nitrogens with zero attached hydrogens (tertiary/aromatic N) is 2. The zero-order valence-corrected chi connectivity index (χ0v) is 18.2. The Labute approximate surface area is 173 Å². The lowest BCUT2D eigenvalue weighted by Crippen LogP contribution is -2.44. The molecule has 0 radical (unpaired) electrons. The van der Waals surface area contributed by atoms with E-state index < -0.39 is 5.60 Å². The minimum absolute atomic E-state index is 0.0572. The molecule has 1 atom stereocenters. The van der Waals surface area contributed by atoms with Crippen LogP contribution in [-0.2, 0) is 4.74 Å². The minimum Gasteiger partial charge on any atom is -0.497 e. The molecule has 0 saturated carbocycles. The predicted molar refractivity (Wildman–Crippen MR) is 114 cm³/mol. The molecule has 0 aliphatic carbocycles. The van der Waals surface area contributed by atoms with Crippen LogP contribution in [0, 0.1) is 0 Å². The summed E-state index contributed by atoms with van der Waals surface area (Å²) in [7, 11) is 3.41. The summed E-state index contributed by atoms with van der Waals surface area (Å²) in [4.78, 5) is 18.4. The smallest absolute Gasteiger partial charge is 0.407 e. The van der Waals surface area contributed by atoms with Crippen LogP contribution in [-0.4, -0.2) is 69.0 Å². The van der Waals surface area contributed by atoms with Crippen LogP contribution < -0.4 is 20.1 Å². The molecule has 1 aromatic carbocycles. The van der Waals surface area contributed by atoms with Crippen molar-refractivity contribution in [2.24, 2.45) is 4.99 Å². The van der Waals surface area contributed by atoms with Gasteiger partial charge in [0, 0.05) is 26.7 Å². The first-order valence-electron chi connectivity index (χ1n) is 10.0. The second-order valence-corrected chi connectivity index (χ2v) is 7.93. The second-order valence-electron chi connectivity index (χ2n) is 7.93. The van der Waals surface area contributed by atoms with E-state index in [1.54, 1.807) is 14.2 Å². The van der Waals surface area contributed by atoms with E-state index in [1.165, 1.54) is 0 Å². The van der Waals surface area contributed by atoms with Crippen LogP contribution in [0.25, 0.3) is 0 Å². The van der Waals surface area contributed by atoms with Gasteiger partial charge < -0.3 is 29.7 Å². The summed E-state index contributed by atoms with van der Waals surface area (Å²) in [6.07, 6.45) is 1.34. The van der Waals surface area contributed by atoms with Crippen LogP contribution in [0.5, 0.6) is 11.5 Å². The average molecular weight is 407 g/mol. The fourth-order valence-electron chi connectivity index (χ4n) is 3.01. The minimum atomic E-state index is -0.492. The third kappa shape index (κ3) is 8.09. The summed E-state index contributed by atoms with van der Waals surface area (Å²) in [5.74, 6) is 2.47. The van der Waals surface area contributed by atoms with E-state index in [4.69, 9.17) is 14.2 Å². The Hall–Kier alpha value is -2.64. The Bertz CT molecular complexity index is 670. The number of likely N-dealkylation sites (tertiary alicyclic amines) is 1. The van der Waals surface area contributed by atoms with E-state index in [0.717, 1.165) is 43.4 Å². The number of methoxy groups -OCH3 is 1. The molecule has 1 heterocycles. The van der Waals surface area contributed by atoms with Gasteiger partial charge in [-0.25, -0.2) is 4.79 Å². The topological polar surface area (TPSA) is 84.4 Å². The largest absolute Gasteiger partial charge is 0.497 e. The summed E-state index contributed by atoms with van der Waals surface area (Å²) in [6, 6.07) is 7.61. The van der Waals surface area contributed by atoms with E-state index >= 15 is 0 Å². The van der Waals surface area contributed by atoms with Gasteiger partial charge in [0.05, 0.1) is 19.8 Å². The SMILES string of the molecule is CN=C(NCCCOc1ccc(OC)cc1)N1CCC(NC(=O)OC(C)(C)C)C1. The number of rotatable bonds is 7. The highest BCUT2D eigenvalue weighted by Gasteiger charge is 2.27. The first-order valence-corrected chi connectivity index (χ1v) is 10.0. The van der Waals surface area contributed by atoms with Crippen molar-refractivity contribution in [3.8, 4) is 11.5 Å². The van der Waals surface area contributed by atoms with Crippen molar-refractivity contribution < 1.29 is 19.0 Å². The predicted octanol–water partition coefficient (Wildman–Crippen LogP) is 2.64. The number of alkyl carbamates (subject to hydrolysis) is 1. The first-order chi connectivity index (χ1) is 13.8. The maximum atomic E-state index is 11.9. The average Bonchev–Trinajstić information content (AvgIpc) is 3.11. The summed E-state index contributed by atoms with van der Waals surface area (Å²) < 4.78 is 16.2. The molecule has 0 bridgehead atoms. The number of hydrogen-bond acceptors (Lipinski definition) is 5. The van der Waals surface area contributed by atoms with Gasteiger partial charge in [0.25, 0.3) is 0 Å². The Balaban J connectivity index is 1.66. The van der Waals surface area contributed by atoms with Crippen LogP contribution >= 0.6 is 0 Å². The molecule has 8 heteroatoms. The molecule has 8 nitrogen and oxygen atoms in total. The molecule has 2 N–H and O–H groups in total. The van der Waals surface area contributed by atoms with Crippen molar-refractivity contribution in [2.75, 3.05) is 40.4 Å². The van der Waals surface area contributed by atoms with Gasteiger partial charge in [-0.2, -0.15) is 0 Å². The summed E-state index contributed by atoms with van der Waals surface area (Å²) in [5.41, 5.74) is -0.492. The number of aliphatic imine (C=N–C) groups is 1. The van der Waals surface area contributed by atoms with Gasteiger partial charge in [0.2, 0.25) is 0 Å². The molecule has 1 amide bonds. The Morgan fingerprint density at radius 2 is 1.93 bits per heavy atom.